The van der Waals surface area contributed by atoms with Crippen LogP contribution in [0, 0.1) is 10.1 Å². The third-order valence-corrected chi connectivity index (χ3v) is 5.67. The normalized spacial score (nSPS) is 14.6. The number of hydroxylamine groups is 2. The molecule has 1 aromatic carbocycles. The largest absolute Gasteiger partial charge is 0.467 e. The van der Waals surface area contributed by atoms with Gasteiger partial charge in [0.2, 0.25) is 0 Å². The number of hydrogen-bond acceptors (Lipinski definition) is 11. The Morgan fingerprint density at radius 3 is 1.82 bits per heavy atom. The summed E-state index contributed by atoms with van der Waals surface area (Å²) >= 11 is 0. The number of esters is 2. The summed E-state index contributed by atoms with van der Waals surface area (Å²) in [5.74, 6) is -2.20. The standard InChI is InChI=1S/C25H34N2O8.C2H3NO2/c1-5-10-32-12-14-34-24(28)21-17(3)26-18(4)22(25(29)35-15-13-33-11-6-2)23(21)19-8-7-9-20(16-19)27(30)31;1-3-2(4)5-3/h7-9,16,23,26H,5-6,10-15H2,1-4H3;1H3. The average molecular weight is 564 g/mol. The summed E-state index contributed by atoms with van der Waals surface area (Å²) in [6.45, 7) is 8.99. The Bertz CT molecular complexity index is 1080. The van der Waals surface area contributed by atoms with Crippen LogP contribution in [0.15, 0.2) is 46.8 Å². The molecule has 0 aliphatic carbocycles. The molecule has 2 heterocycles. The van der Waals surface area contributed by atoms with E-state index in [1.165, 1.54) is 18.2 Å². The lowest BCUT2D eigenvalue weighted by molar-refractivity contribution is -0.384. The maximum Gasteiger partial charge on any atom is 0.467 e. The molecule has 0 radical (unpaired) electrons. The van der Waals surface area contributed by atoms with Gasteiger partial charge < -0.3 is 29.1 Å². The highest BCUT2D eigenvalue weighted by Gasteiger charge is 2.38. The number of carbonyl (C=O) groups is 3. The number of hydrogen-bond donors (Lipinski definition) is 1. The SMILES string of the molecule is CCCOCCOC(=O)C1=C(C)NC(C)=C(C(=O)OCCOCCC)C1c1cccc([N+](=O)[O-])c1.CN1OC1=O. The monoisotopic (exact) mass is 563 g/mol. The van der Waals surface area contributed by atoms with Crippen LogP contribution in [0.5, 0.6) is 0 Å². The first-order valence-electron chi connectivity index (χ1n) is 13.0. The smallest absolute Gasteiger partial charge is 0.460 e. The van der Waals surface area contributed by atoms with Gasteiger partial charge in [-0.15, -0.1) is 5.06 Å². The number of rotatable bonds is 14. The van der Waals surface area contributed by atoms with Crippen molar-refractivity contribution in [3.8, 4) is 0 Å². The van der Waals surface area contributed by atoms with Gasteiger partial charge >= 0.3 is 18.0 Å². The van der Waals surface area contributed by atoms with Crippen LogP contribution in [0.3, 0.4) is 0 Å². The van der Waals surface area contributed by atoms with E-state index in [0.717, 1.165) is 17.9 Å². The number of carbonyl (C=O) groups excluding carboxylic acids is 3. The van der Waals surface area contributed by atoms with Gasteiger partial charge in [-0.25, -0.2) is 14.4 Å². The van der Waals surface area contributed by atoms with E-state index in [2.05, 4.69) is 10.2 Å². The van der Waals surface area contributed by atoms with E-state index in [-0.39, 0.29) is 49.4 Å². The van der Waals surface area contributed by atoms with Crippen LogP contribution in [-0.2, 0) is 33.4 Å². The second-order valence-corrected chi connectivity index (χ2v) is 8.84. The zero-order valence-electron chi connectivity index (χ0n) is 23.5. The van der Waals surface area contributed by atoms with Crippen LogP contribution in [0.1, 0.15) is 52.0 Å². The predicted octanol–water partition coefficient (Wildman–Crippen LogP) is 3.75. The Hall–Kier alpha value is -3.97. The van der Waals surface area contributed by atoms with Gasteiger partial charge in [-0.1, -0.05) is 26.0 Å². The molecule has 1 saturated heterocycles. The molecule has 0 spiro atoms. The molecule has 2 aliphatic rings. The fraction of sp³-hybridized carbons (Fsp3) is 0.519. The number of non-ortho nitro benzene ring substituents is 1. The summed E-state index contributed by atoms with van der Waals surface area (Å²) in [7, 11) is 1.56. The highest BCUT2D eigenvalue weighted by molar-refractivity contribution is 6.00. The first-order chi connectivity index (χ1) is 19.1. The number of dihydropyridines is 1. The van der Waals surface area contributed by atoms with Crippen molar-refractivity contribution in [2.45, 2.75) is 46.5 Å². The zero-order chi connectivity index (χ0) is 29.7. The summed E-state index contributed by atoms with van der Waals surface area (Å²) < 4.78 is 21.6. The van der Waals surface area contributed by atoms with Crippen LogP contribution in [0.2, 0.25) is 0 Å². The first-order valence-corrected chi connectivity index (χ1v) is 13.0. The molecule has 40 heavy (non-hydrogen) atoms. The average Bonchev–Trinajstić information content (AvgIpc) is 3.59. The maximum atomic E-state index is 13.1. The summed E-state index contributed by atoms with van der Waals surface area (Å²) in [5.41, 5.74) is 1.59. The third-order valence-electron chi connectivity index (χ3n) is 5.67. The summed E-state index contributed by atoms with van der Waals surface area (Å²) in [6, 6.07) is 5.86. The fourth-order valence-electron chi connectivity index (χ4n) is 3.82. The second-order valence-electron chi connectivity index (χ2n) is 8.84. The van der Waals surface area contributed by atoms with Gasteiger partial charge in [0.1, 0.15) is 13.2 Å². The van der Waals surface area contributed by atoms with E-state index < -0.39 is 22.8 Å². The highest BCUT2D eigenvalue weighted by Crippen LogP contribution is 2.40. The van der Waals surface area contributed by atoms with E-state index in [0.29, 0.717) is 30.2 Å². The number of nitrogens with one attached hydrogen (secondary N) is 1. The van der Waals surface area contributed by atoms with Crippen molar-refractivity contribution >= 4 is 23.7 Å². The molecule has 1 aromatic rings. The molecule has 0 unspecified atom stereocenters. The molecule has 1 amide bonds. The van der Waals surface area contributed by atoms with Crippen molar-refractivity contribution in [3.63, 3.8) is 0 Å². The number of nitro groups is 1. The molecular weight excluding hydrogens is 526 g/mol. The number of nitrogens with zero attached hydrogens (tertiary/aromatic N) is 2. The van der Waals surface area contributed by atoms with Crippen molar-refractivity contribution in [2.75, 3.05) is 46.7 Å². The lowest BCUT2D eigenvalue weighted by Crippen LogP contribution is -2.33. The Balaban J connectivity index is 0.00000100. The molecule has 0 aromatic heterocycles. The van der Waals surface area contributed by atoms with Crippen LogP contribution in [0.4, 0.5) is 10.5 Å². The van der Waals surface area contributed by atoms with E-state index in [1.54, 1.807) is 27.0 Å². The first kappa shape index (κ1) is 32.2. The van der Waals surface area contributed by atoms with Gasteiger partial charge in [-0.3, -0.25) is 10.1 Å². The fourth-order valence-corrected chi connectivity index (χ4v) is 3.82. The van der Waals surface area contributed by atoms with Crippen molar-refractivity contribution in [1.82, 2.24) is 10.4 Å². The lowest BCUT2D eigenvalue weighted by Gasteiger charge is -2.30. The molecule has 13 nitrogen and oxygen atoms in total. The van der Waals surface area contributed by atoms with E-state index in [1.807, 2.05) is 13.8 Å². The number of ether oxygens (including phenoxy) is 4. The summed E-state index contributed by atoms with van der Waals surface area (Å²) in [6.07, 6.45) is 1.44. The molecule has 220 valence electrons. The second kappa shape index (κ2) is 16.2. The van der Waals surface area contributed by atoms with Crippen molar-refractivity contribution < 1.29 is 43.1 Å². The van der Waals surface area contributed by atoms with E-state index in [4.69, 9.17) is 18.9 Å². The Morgan fingerprint density at radius 2 is 1.43 bits per heavy atom. The van der Waals surface area contributed by atoms with E-state index in [9.17, 15) is 24.5 Å². The lowest BCUT2D eigenvalue weighted by atomic mass is 9.80. The zero-order valence-corrected chi connectivity index (χ0v) is 23.5. The number of nitro benzene ring substituents is 1. The number of benzene rings is 1. The minimum absolute atomic E-state index is 0.0362. The molecule has 0 atom stereocenters. The van der Waals surface area contributed by atoms with Gasteiger partial charge in [0, 0.05) is 36.7 Å². The molecule has 3 rings (SSSR count). The Morgan fingerprint density at radius 1 is 0.950 bits per heavy atom. The molecule has 2 aliphatic heterocycles. The third kappa shape index (κ3) is 9.65. The van der Waals surface area contributed by atoms with Crippen LogP contribution < -0.4 is 5.32 Å². The van der Waals surface area contributed by atoms with Crippen LogP contribution >= 0.6 is 0 Å². The van der Waals surface area contributed by atoms with Crippen molar-refractivity contribution in [1.29, 1.82) is 0 Å². The Kier molecular flexibility index (Phi) is 13.1. The Labute approximate surface area is 233 Å². The molecular formula is C27H37N3O10. The van der Waals surface area contributed by atoms with Gasteiger partial charge in [0.05, 0.1) is 42.2 Å². The minimum atomic E-state index is -0.913. The summed E-state index contributed by atoms with van der Waals surface area (Å²) in [5, 5.41) is 15.6. The van der Waals surface area contributed by atoms with Crippen molar-refractivity contribution in [3.05, 3.63) is 62.5 Å². The minimum Gasteiger partial charge on any atom is -0.460 e. The molecule has 0 bridgehead atoms. The topological polar surface area (TPSA) is 159 Å². The van der Waals surface area contributed by atoms with Gasteiger partial charge in [-0.2, -0.15) is 0 Å². The van der Waals surface area contributed by atoms with E-state index >= 15 is 0 Å². The quantitative estimate of drug-likeness (QED) is 0.115. The number of allylic oxidation sites excluding steroid dienone is 2. The summed E-state index contributed by atoms with van der Waals surface area (Å²) in [4.78, 5) is 50.9. The van der Waals surface area contributed by atoms with Gasteiger partial charge in [0.25, 0.3) is 5.69 Å². The highest BCUT2D eigenvalue weighted by atomic mass is 16.9. The molecule has 0 saturated carbocycles. The van der Waals surface area contributed by atoms with Gasteiger partial charge in [0.15, 0.2) is 0 Å². The van der Waals surface area contributed by atoms with Crippen molar-refractivity contribution in [2.24, 2.45) is 0 Å². The van der Waals surface area contributed by atoms with Gasteiger partial charge in [-0.05, 0) is 32.3 Å². The molecule has 13 heteroatoms. The molecule has 1 N–H and O–H groups in total. The van der Waals surface area contributed by atoms with Crippen LogP contribution in [-0.4, -0.2) is 74.7 Å². The number of amides is 1. The van der Waals surface area contributed by atoms with Crippen LogP contribution in [0.25, 0.3) is 0 Å². The maximum absolute atomic E-state index is 13.1. The molecule has 1 fully saturated rings. The predicted molar refractivity (Wildman–Crippen MR) is 143 cm³/mol.